The molecule has 0 aliphatic heterocycles. The molecule has 0 fully saturated rings. The van der Waals surface area contributed by atoms with Gasteiger partial charge in [0.15, 0.2) is 0 Å². The standard InChI is InChI=1S/C23H31NO/c1-16(2)9-13-25-21-15-20-19(14-18(21)17(3)8-12-24)22(4,5)10-11-23(20,6)7/h8-9,14-15H,10-11,13H2,1-7H3. The summed E-state index contributed by atoms with van der Waals surface area (Å²) in [6.07, 6.45) is 6.04. The first-order valence-electron chi connectivity index (χ1n) is 9.10. The van der Waals surface area contributed by atoms with Crippen LogP contribution >= 0.6 is 0 Å². The highest BCUT2D eigenvalue weighted by molar-refractivity contribution is 5.73. The highest BCUT2D eigenvalue weighted by Gasteiger charge is 2.38. The molecule has 1 aromatic rings. The summed E-state index contributed by atoms with van der Waals surface area (Å²) in [4.78, 5) is 0. The van der Waals surface area contributed by atoms with E-state index in [1.807, 2.05) is 6.92 Å². The van der Waals surface area contributed by atoms with Gasteiger partial charge in [-0.15, -0.1) is 0 Å². The molecule has 0 amide bonds. The van der Waals surface area contributed by atoms with Crippen LogP contribution in [0.3, 0.4) is 0 Å². The van der Waals surface area contributed by atoms with Crippen molar-refractivity contribution in [3.63, 3.8) is 0 Å². The third-order valence-electron chi connectivity index (χ3n) is 5.39. The second-order valence-electron chi connectivity index (χ2n) is 8.71. The molecule has 134 valence electrons. The van der Waals surface area contributed by atoms with E-state index in [1.54, 1.807) is 6.08 Å². The number of hydrogen-bond donors (Lipinski definition) is 0. The van der Waals surface area contributed by atoms with Gasteiger partial charge < -0.3 is 4.74 Å². The summed E-state index contributed by atoms with van der Waals surface area (Å²) in [5, 5.41) is 9.09. The maximum atomic E-state index is 9.09. The van der Waals surface area contributed by atoms with Crippen molar-refractivity contribution in [1.82, 2.24) is 0 Å². The molecule has 0 unspecified atom stereocenters. The van der Waals surface area contributed by atoms with Crippen LogP contribution < -0.4 is 4.74 Å². The molecule has 0 saturated heterocycles. The molecule has 0 heterocycles. The van der Waals surface area contributed by atoms with E-state index < -0.39 is 0 Å². The lowest BCUT2D eigenvalue weighted by Crippen LogP contribution is -2.34. The SMILES string of the molecule is CC(C)=CCOc1cc2c(cc1C(C)=CC#N)C(C)(C)CCC2(C)C. The predicted octanol–water partition coefficient (Wildman–Crippen LogP) is 6.31. The summed E-state index contributed by atoms with van der Waals surface area (Å²) in [5.41, 5.74) is 6.29. The fourth-order valence-corrected chi connectivity index (χ4v) is 3.49. The number of rotatable bonds is 4. The minimum absolute atomic E-state index is 0.144. The lowest BCUT2D eigenvalue weighted by Gasteiger charge is -2.42. The summed E-state index contributed by atoms with van der Waals surface area (Å²) in [6, 6.07) is 6.64. The highest BCUT2D eigenvalue weighted by atomic mass is 16.5. The second kappa shape index (κ2) is 7.08. The van der Waals surface area contributed by atoms with Crippen LogP contribution in [0.2, 0.25) is 0 Å². The summed E-state index contributed by atoms with van der Waals surface area (Å²) in [5.74, 6) is 0.881. The topological polar surface area (TPSA) is 33.0 Å². The molecule has 0 N–H and O–H groups in total. The fraction of sp³-hybridized carbons (Fsp3) is 0.522. The van der Waals surface area contributed by atoms with Crippen LogP contribution in [-0.4, -0.2) is 6.61 Å². The lowest BCUT2D eigenvalue weighted by molar-refractivity contribution is 0.324. The third-order valence-corrected chi connectivity index (χ3v) is 5.39. The van der Waals surface area contributed by atoms with Gasteiger partial charge in [-0.3, -0.25) is 0 Å². The van der Waals surface area contributed by atoms with Crippen LogP contribution in [0.4, 0.5) is 0 Å². The summed E-state index contributed by atoms with van der Waals surface area (Å²) >= 11 is 0. The fourth-order valence-electron chi connectivity index (χ4n) is 3.49. The number of allylic oxidation sites excluding steroid dienone is 3. The lowest BCUT2D eigenvalue weighted by atomic mass is 9.62. The van der Waals surface area contributed by atoms with Crippen molar-refractivity contribution >= 4 is 5.57 Å². The van der Waals surface area contributed by atoms with Crippen molar-refractivity contribution in [3.8, 4) is 11.8 Å². The quantitative estimate of drug-likeness (QED) is 0.476. The number of hydrogen-bond acceptors (Lipinski definition) is 2. The van der Waals surface area contributed by atoms with Gasteiger partial charge in [-0.05, 0) is 79.4 Å². The molecule has 0 bridgehead atoms. The van der Waals surface area contributed by atoms with E-state index in [1.165, 1.54) is 29.5 Å². The Bertz CT molecular complexity index is 753. The van der Waals surface area contributed by atoms with E-state index in [0.29, 0.717) is 6.61 Å². The van der Waals surface area contributed by atoms with Crippen molar-refractivity contribution in [2.24, 2.45) is 0 Å². The van der Waals surface area contributed by atoms with Gasteiger partial charge in [-0.25, -0.2) is 0 Å². The Morgan fingerprint density at radius 3 is 2.16 bits per heavy atom. The zero-order valence-corrected chi connectivity index (χ0v) is 16.8. The molecule has 2 rings (SSSR count). The predicted molar refractivity (Wildman–Crippen MR) is 106 cm³/mol. The van der Waals surface area contributed by atoms with E-state index in [0.717, 1.165) is 16.9 Å². The van der Waals surface area contributed by atoms with Crippen molar-refractivity contribution in [2.75, 3.05) is 6.61 Å². The Kier molecular flexibility index (Phi) is 5.47. The van der Waals surface area contributed by atoms with Gasteiger partial charge in [0, 0.05) is 11.6 Å². The summed E-state index contributed by atoms with van der Waals surface area (Å²) in [7, 11) is 0. The van der Waals surface area contributed by atoms with Gasteiger partial charge in [0.2, 0.25) is 0 Å². The van der Waals surface area contributed by atoms with Gasteiger partial charge >= 0.3 is 0 Å². The van der Waals surface area contributed by atoms with Gasteiger partial charge in [-0.1, -0.05) is 33.3 Å². The van der Waals surface area contributed by atoms with Crippen molar-refractivity contribution in [2.45, 2.75) is 72.1 Å². The Labute approximate surface area is 153 Å². The van der Waals surface area contributed by atoms with Gasteiger partial charge in [0.1, 0.15) is 12.4 Å². The second-order valence-corrected chi connectivity index (χ2v) is 8.71. The van der Waals surface area contributed by atoms with Gasteiger partial charge in [-0.2, -0.15) is 5.26 Å². The average molecular weight is 338 g/mol. The van der Waals surface area contributed by atoms with E-state index in [2.05, 4.69) is 65.8 Å². The normalized spacial score (nSPS) is 18.1. The maximum absolute atomic E-state index is 9.09. The molecule has 1 aromatic carbocycles. The summed E-state index contributed by atoms with van der Waals surface area (Å²) < 4.78 is 6.12. The van der Waals surface area contributed by atoms with E-state index >= 15 is 0 Å². The molecule has 2 heteroatoms. The molecule has 0 spiro atoms. The first kappa shape index (κ1) is 19.3. The molecule has 0 aromatic heterocycles. The Morgan fingerprint density at radius 2 is 1.64 bits per heavy atom. The van der Waals surface area contributed by atoms with E-state index in [9.17, 15) is 0 Å². The minimum Gasteiger partial charge on any atom is -0.489 e. The van der Waals surface area contributed by atoms with Crippen LogP contribution in [0.25, 0.3) is 5.57 Å². The molecular formula is C23H31NO. The maximum Gasteiger partial charge on any atom is 0.127 e. The monoisotopic (exact) mass is 337 g/mol. The molecule has 1 aliphatic rings. The summed E-state index contributed by atoms with van der Waals surface area (Å²) in [6.45, 7) is 16.0. The molecule has 0 radical (unpaired) electrons. The average Bonchev–Trinajstić information content (AvgIpc) is 2.51. The van der Waals surface area contributed by atoms with E-state index in [-0.39, 0.29) is 10.8 Å². The van der Waals surface area contributed by atoms with E-state index in [4.69, 9.17) is 10.00 Å². The van der Waals surface area contributed by atoms with Crippen LogP contribution in [0.5, 0.6) is 5.75 Å². The largest absolute Gasteiger partial charge is 0.489 e. The number of benzene rings is 1. The highest BCUT2D eigenvalue weighted by Crippen LogP contribution is 2.48. The van der Waals surface area contributed by atoms with Crippen molar-refractivity contribution in [3.05, 3.63) is 46.5 Å². The van der Waals surface area contributed by atoms with Crippen LogP contribution in [0.15, 0.2) is 29.9 Å². The first-order valence-corrected chi connectivity index (χ1v) is 9.10. The van der Waals surface area contributed by atoms with Crippen molar-refractivity contribution in [1.29, 1.82) is 5.26 Å². The number of nitriles is 1. The molecule has 25 heavy (non-hydrogen) atoms. The third kappa shape index (κ3) is 4.15. The zero-order valence-electron chi connectivity index (χ0n) is 16.8. The van der Waals surface area contributed by atoms with Gasteiger partial charge in [0.05, 0.1) is 6.07 Å². The molecule has 0 saturated carbocycles. The molecule has 0 atom stereocenters. The Morgan fingerprint density at radius 1 is 1.08 bits per heavy atom. The van der Waals surface area contributed by atoms with Crippen LogP contribution in [0, 0.1) is 11.3 Å². The molecule has 1 aliphatic carbocycles. The van der Waals surface area contributed by atoms with Crippen LogP contribution in [-0.2, 0) is 10.8 Å². The van der Waals surface area contributed by atoms with Crippen molar-refractivity contribution < 1.29 is 4.74 Å². The minimum atomic E-state index is 0.144. The molecule has 2 nitrogen and oxygen atoms in total. The Hall–Kier alpha value is -2.01. The van der Waals surface area contributed by atoms with Crippen LogP contribution in [0.1, 0.15) is 78.0 Å². The number of fused-ring (bicyclic) bond motifs is 1. The zero-order chi connectivity index (χ0) is 18.8. The smallest absolute Gasteiger partial charge is 0.127 e. The Balaban J connectivity index is 2.63. The van der Waals surface area contributed by atoms with Gasteiger partial charge in [0.25, 0.3) is 0 Å². The number of ether oxygens (including phenoxy) is 1. The first-order chi connectivity index (χ1) is 11.6. The molecular weight excluding hydrogens is 306 g/mol. The number of nitrogens with zero attached hydrogens (tertiary/aromatic N) is 1.